The van der Waals surface area contributed by atoms with Crippen LogP contribution in [-0.2, 0) is 0 Å². The standard InChI is InChI=1S/C40H55N3S/c1-11-32(22-21-29(6)23-31(8)44)38(41-9)24-30(7)43(10)39-20-16-15-19-37(39)42-40-35(27(2)3)25-34(26-36(40)28(4)5)33-17-13-12-14-18-33/h12-20,23,25-28,32,38,41-42,44H,6-7,11,21-22,24H2,1-5,8-10H3/b31-23+. The maximum atomic E-state index is 4.58. The van der Waals surface area contributed by atoms with Gasteiger partial charge in [0.15, 0.2) is 0 Å². The zero-order valence-electron chi connectivity index (χ0n) is 28.4. The molecule has 0 fully saturated rings. The van der Waals surface area contributed by atoms with E-state index in [4.69, 9.17) is 0 Å². The van der Waals surface area contributed by atoms with Gasteiger partial charge in [0.1, 0.15) is 0 Å². The second kappa shape index (κ2) is 16.7. The third kappa shape index (κ3) is 9.39. The van der Waals surface area contributed by atoms with E-state index in [1.807, 2.05) is 6.92 Å². The van der Waals surface area contributed by atoms with Crippen molar-refractivity contribution in [2.75, 3.05) is 24.3 Å². The summed E-state index contributed by atoms with van der Waals surface area (Å²) in [5, 5.41) is 7.52. The van der Waals surface area contributed by atoms with Gasteiger partial charge in [-0.2, -0.15) is 0 Å². The smallest absolute Gasteiger partial charge is 0.0644 e. The summed E-state index contributed by atoms with van der Waals surface area (Å²) in [4.78, 5) is 3.26. The molecule has 2 atom stereocenters. The molecule has 2 unspecified atom stereocenters. The van der Waals surface area contributed by atoms with Gasteiger partial charge in [-0.1, -0.05) is 108 Å². The summed E-state index contributed by atoms with van der Waals surface area (Å²) in [6, 6.07) is 24.4. The van der Waals surface area contributed by atoms with Crippen molar-refractivity contribution in [1.29, 1.82) is 0 Å². The third-order valence-electron chi connectivity index (χ3n) is 8.72. The van der Waals surface area contributed by atoms with Gasteiger partial charge in [0.05, 0.1) is 11.4 Å². The van der Waals surface area contributed by atoms with Crippen LogP contribution in [-0.4, -0.2) is 20.1 Å². The number of rotatable bonds is 16. The van der Waals surface area contributed by atoms with Crippen LogP contribution in [0.5, 0.6) is 0 Å². The molecule has 0 saturated carbocycles. The molecule has 3 aromatic carbocycles. The van der Waals surface area contributed by atoms with Gasteiger partial charge in [-0.25, -0.2) is 0 Å². The lowest BCUT2D eigenvalue weighted by Crippen LogP contribution is -2.36. The molecule has 0 bridgehead atoms. The molecule has 0 aromatic heterocycles. The number of benzene rings is 3. The van der Waals surface area contributed by atoms with Gasteiger partial charge in [0.2, 0.25) is 0 Å². The summed E-state index contributed by atoms with van der Waals surface area (Å²) < 4.78 is 0. The molecule has 4 heteroatoms. The van der Waals surface area contributed by atoms with Crippen molar-refractivity contribution >= 4 is 29.7 Å². The first-order valence-electron chi connectivity index (χ1n) is 16.2. The summed E-state index contributed by atoms with van der Waals surface area (Å²) in [7, 11) is 4.21. The Hall–Kier alpha value is -3.21. The summed E-state index contributed by atoms with van der Waals surface area (Å²) in [5.41, 5.74) is 10.8. The van der Waals surface area contributed by atoms with Gasteiger partial charge in [-0.05, 0) is 96.0 Å². The molecule has 2 N–H and O–H groups in total. The van der Waals surface area contributed by atoms with Gasteiger partial charge >= 0.3 is 0 Å². The summed E-state index contributed by atoms with van der Waals surface area (Å²) >= 11 is 4.42. The fourth-order valence-corrected chi connectivity index (χ4v) is 6.22. The molecule has 3 rings (SSSR count). The minimum atomic E-state index is 0.328. The lowest BCUT2D eigenvalue weighted by Gasteiger charge is -2.32. The minimum Gasteiger partial charge on any atom is -0.353 e. The van der Waals surface area contributed by atoms with E-state index in [2.05, 4.69) is 163 Å². The molecule has 44 heavy (non-hydrogen) atoms. The van der Waals surface area contributed by atoms with Crippen LogP contribution in [0, 0.1) is 5.92 Å². The highest BCUT2D eigenvalue weighted by molar-refractivity contribution is 7.84. The van der Waals surface area contributed by atoms with E-state index in [-0.39, 0.29) is 0 Å². The van der Waals surface area contributed by atoms with Crippen molar-refractivity contribution in [3.63, 3.8) is 0 Å². The fraction of sp³-hybridized carbons (Fsp3) is 0.400. The average Bonchev–Trinajstić information content (AvgIpc) is 3.00. The van der Waals surface area contributed by atoms with E-state index in [0.717, 1.165) is 53.2 Å². The van der Waals surface area contributed by atoms with Crippen LogP contribution in [0.3, 0.4) is 0 Å². The fourth-order valence-electron chi connectivity index (χ4n) is 6.04. The van der Waals surface area contributed by atoms with Crippen LogP contribution in [0.25, 0.3) is 11.1 Å². The Morgan fingerprint density at radius 1 is 0.909 bits per heavy atom. The third-order valence-corrected chi connectivity index (χ3v) is 8.85. The number of thiol groups is 1. The van der Waals surface area contributed by atoms with Crippen molar-refractivity contribution in [2.45, 2.75) is 85.1 Å². The molecule has 0 amide bonds. The van der Waals surface area contributed by atoms with E-state index in [0.29, 0.717) is 23.8 Å². The van der Waals surface area contributed by atoms with Crippen LogP contribution >= 0.6 is 12.6 Å². The van der Waals surface area contributed by atoms with E-state index in [9.17, 15) is 0 Å². The van der Waals surface area contributed by atoms with E-state index in [1.54, 1.807) is 0 Å². The molecular weight excluding hydrogens is 555 g/mol. The number of nitrogens with zero attached hydrogens (tertiary/aromatic N) is 1. The first-order valence-corrected chi connectivity index (χ1v) is 16.6. The molecule has 3 nitrogen and oxygen atoms in total. The van der Waals surface area contributed by atoms with Crippen LogP contribution in [0.4, 0.5) is 17.1 Å². The lowest BCUT2D eigenvalue weighted by atomic mass is 9.87. The largest absolute Gasteiger partial charge is 0.353 e. The van der Waals surface area contributed by atoms with E-state index < -0.39 is 0 Å². The SMILES string of the molecule is C=C(/C=C(\C)S)CCC(CC)C(CC(=C)N(C)c1ccccc1Nc1c(C(C)C)cc(-c2ccccc2)cc1C(C)C)NC. The highest BCUT2D eigenvalue weighted by atomic mass is 32.1. The molecule has 0 spiro atoms. The average molecular weight is 610 g/mol. The van der Waals surface area contributed by atoms with Crippen molar-refractivity contribution < 1.29 is 0 Å². The van der Waals surface area contributed by atoms with Gasteiger partial charge < -0.3 is 15.5 Å². The predicted octanol–water partition coefficient (Wildman–Crippen LogP) is 11.5. The minimum absolute atomic E-state index is 0.328. The molecule has 236 valence electrons. The molecule has 0 aliphatic rings. The number of hydrogen-bond donors (Lipinski definition) is 3. The second-order valence-electron chi connectivity index (χ2n) is 12.7. The number of nitrogens with one attached hydrogen (secondary N) is 2. The van der Waals surface area contributed by atoms with Crippen molar-refractivity contribution in [1.82, 2.24) is 5.32 Å². The van der Waals surface area contributed by atoms with Crippen LogP contribution < -0.4 is 15.5 Å². The van der Waals surface area contributed by atoms with Crippen molar-refractivity contribution in [2.24, 2.45) is 5.92 Å². The highest BCUT2D eigenvalue weighted by Crippen LogP contribution is 2.41. The first kappa shape index (κ1) is 35.3. The quantitative estimate of drug-likeness (QED) is 0.111. The normalized spacial score (nSPS) is 13.2. The highest BCUT2D eigenvalue weighted by Gasteiger charge is 2.23. The predicted molar refractivity (Wildman–Crippen MR) is 200 cm³/mol. The summed E-state index contributed by atoms with van der Waals surface area (Å²) in [6.45, 7) is 22.2. The number of hydrogen-bond acceptors (Lipinski definition) is 4. The van der Waals surface area contributed by atoms with Gasteiger partial charge in [0.25, 0.3) is 0 Å². The second-order valence-corrected chi connectivity index (χ2v) is 13.4. The van der Waals surface area contributed by atoms with Gasteiger partial charge in [-0.3, -0.25) is 0 Å². The number of allylic oxidation sites excluding steroid dienone is 3. The maximum Gasteiger partial charge on any atom is 0.0644 e. The van der Waals surface area contributed by atoms with E-state index >= 15 is 0 Å². The Kier molecular flexibility index (Phi) is 13.4. The maximum absolute atomic E-state index is 4.58. The summed E-state index contributed by atoms with van der Waals surface area (Å²) in [5.74, 6) is 1.25. The molecule has 0 saturated heterocycles. The van der Waals surface area contributed by atoms with Crippen LogP contribution in [0.1, 0.15) is 90.2 Å². The monoisotopic (exact) mass is 609 g/mol. The van der Waals surface area contributed by atoms with Crippen molar-refractivity contribution in [3.05, 3.63) is 113 Å². The molecule has 0 aliphatic carbocycles. The Labute approximate surface area is 274 Å². The zero-order valence-corrected chi connectivity index (χ0v) is 29.3. The number of anilines is 3. The Morgan fingerprint density at radius 3 is 2.05 bits per heavy atom. The number of para-hydroxylation sites is 2. The molecule has 3 aromatic rings. The van der Waals surface area contributed by atoms with Crippen LogP contribution in [0.15, 0.2) is 102 Å². The van der Waals surface area contributed by atoms with Gasteiger partial charge in [-0.15, -0.1) is 12.6 Å². The Morgan fingerprint density at radius 2 is 1.50 bits per heavy atom. The Bertz CT molecular complexity index is 1390. The summed E-state index contributed by atoms with van der Waals surface area (Å²) in [6.07, 6.45) is 6.11. The first-order chi connectivity index (χ1) is 21.0. The molecule has 0 heterocycles. The zero-order chi connectivity index (χ0) is 32.4. The lowest BCUT2D eigenvalue weighted by molar-refractivity contribution is 0.337. The van der Waals surface area contributed by atoms with Crippen molar-refractivity contribution in [3.8, 4) is 11.1 Å². The van der Waals surface area contributed by atoms with E-state index in [1.165, 1.54) is 27.9 Å². The topological polar surface area (TPSA) is 27.3 Å². The van der Waals surface area contributed by atoms with Gasteiger partial charge in [0, 0.05) is 30.9 Å². The molecule has 0 aliphatic heterocycles. The molecular formula is C40H55N3S. The Balaban J connectivity index is 1.90. The molecule has 0 radical (unpaired) electrons. The van der Waals surface area contributed by atoms with Crippen LogP contribution in [0.2, 0.25) is 0 Å².